The lowest BCUT2D eigenvalue weighted by Gasteiger charge is -1.99. The average molecular weight is 523 g/mol. The third-order valence-corrected chi connectivity index (χ3v) is 3.20. The van der Waals surface area contributed by atoms with Crippen molar-refractivity contribution in [1.29, 1.82) is 0 Å². The molecule has 12 nitrogen and oxygen atoms in total. The Morgan fingerprint density at radius 2 is 1.17 bits per heavy atom. The lowest BCUT2D eigenvalue weighted by atomic mass is 10.3. The van der Waals surface area contributed by atoms with Gasteiger partial charge < -0.3 is 0 Å². The van der Waals surface area contributed by atoms with Crippen molar-refractivity contribution in [1.82, 2.24) is 46.0 Å². The molecule has 1 aliphatic rings. The molecule has 0 aromatic carbocycles. The summed E-state index contributed by atoms with van der Waals surface area (Å²) in [5, 5.41) is 28.0. The van der Waals surface area contributed by atoms with Gasteiger partial charge in [0, 0.05) is 5.22 Å². The van der Waals surface area contributed by atoms with Gasteiger partial charge in [-0.3, -0.25) is 5.10 Å². The zero-order valence-electron chi connectivity index (χ0n) is 17.7. The number of H-pyrrole nitrogens is 3. The molecule has 0 aliphatic carbocycles. The Morgan fingerprint density at radius 1 is 0.686 bits per heavy atom. The average Bonchev–Trinajstić information content (AvgIpc) is 3.49. The Balaban J connectivity index is 0.000000239. The largest absolute Gasteiger partial charge is 0.453 e. The molecule has 194 valence electrons. The van der Waals surface area contributed by atoms with Gasteiger partial charge in [-0.2, -0.15) is 75.8 Å². The van der Waals surface area contributed by atoms with Crippen LogP contribution in [0, 0.1) is 20.8 Å². The zero-order chi connectivity index (χ0) is 26.9. The zero-order valence-corrected chi connectivity index (χ0v) is 17.7. The molecule has 0 bridgehead atoms. The molecule has 3 aromatic rings. The van der Waals surface area contributed by atoms with Crippen LogP contribution in [0.25, 0.3) is 0 Å². The predicted octanol–water partition coefficient (Wildman–Crippen LogP) is 2.80. The number of rotatable bonds is 0. The van der Waals surface area contributed by atoms with Gasteiger partial charge in [0.15, 0.2) is 11.4 Å². The molecule has 35 heavy (non-hydrogen) atoms. The first-order chi connectivity index (χ1) is 16.0. The van der Waals surface area contributed by atoms with Crippen molar-refractivity contribution >= 4 is 0 Å². The molecule has 0 atom stereocenters. The Kier molecular flexibility index (Phi) is 9.97. The number of hydrogen-bond donors (Lipinski definition) is 4. The molecule has 4 heterocycles. The molecule has 1 aliphatic heterocycles. The van der Waals surface area contributed by atoms with E-state index < -0.39 is 35.7 Å². The number of halogens is 9. The predicted molar refractivity (Wildman–Crippen MR) is 94.3 cm³/mol. The first-order valence-electron chi connectivity index (χ1n) is 8.77. The third-order valence-electron chi connectivity index (χ3n) is 3.20. The molecule has 0 unspecified atom stereocenters. The second kappa shape index (κ2) is 12.0. The first kappa shape index (κ1) is 29.1. The van der Waals surface area contributed by atoms with E-state index in [1.54, 1.807) is 17.8 Å². The Morgan fingerprint density at radius 3 is 1.31 bits per heavy atom. The van der Waals surface area contributed by atoms with Gasteiger partial charge in [0.2, 0.25) is 0 Å². The van der Waals surface area contributed by atoms with Crippen LogP contribution in [0.4, 0.5) is 39.5 Å². The summed E-state index contributed by atoms with van der Waals surface area (Å²) in [6.45, 7) is 3.89. The minimum Gasteiger partial charge on any atom is -0.263 e. The molecule has 21 heteroatoms. The van der Waals surface area contributed by atoms with Crippen molar-refractivity contribution < 1.29 is 44.9 Å². The van der Waals surface area contributed by atoms with E-state index in [1.807, 2.05) is 10.4 Å². The molecule has 0 radical (unpaired) electrons. The van der Waals surface area contributed by atoms with Crippen LogP contribution in [0.3, 0.4) is 0 Å². The summed E-state index contributed by atoms with van der Waals surface area (Å²) in [6, 6.07) is 0. The number of aromatic amines is 3. The van der Waals surface area contributed by atoms with Gasteiger partial charge in [0.25, 0.3) is 5.82 Å². The van der Waals surface area contributed by atoms with Crippen molar-refractivity contribution in [2.24, 2.45) is 10.3 Å². The normalized spacial score (nSPS) is 12.8. The van der Waals surface area contributed by atoms with Gasteiger partial charge >= 0.3 is 18.5 Å². The van der Waals surface area contributed by atoms with Gasteiger partial charge in [-0.15, -0.1) is 10.2 Å². The van der Waals surface area contributed by atoms with Crippen LogP contribution in [0.15, 0.2) is 22.7 Å². The quantitative estimate of drug-likeness (QED) is 0.261. The van der Waals surface area contributed by atoms with E-state index in [0.29, 0.717) is 0 Å². The standard InChI is InChI=1S/3C4H4F3N3.C2H3N3/c1-2-8-3(10-9-2)4(5,6)7;2*1-2-3(4(5,6)7)9-10-8-2;1-2-4-5-3-1/h3*1H3,(H,8,9,10);1-2H,(H,3,4,5)/p+1. The van der Waals surface area contributed by atoms with Crippen LogP contribution in [0.5, 0.6) is 0 Å². The number of nitrogens with two attached hydrogens (primary N) is 1. The van der Waals surface area contributed by atoms with Gasteiger partial charge in [0.1, 0.15) is 18.2 Å². The number of aryl methyl sites for hydroxylation is 3. The van der Waals surface area contributed by atoms with Gasteiger partial charge in [-0.1, -0.05) is 0 Å². The molecular formula is C14H16F9N12+. The molecule has 0 fully saturated rings. The minimum absolute atomic E-state index is 0.132. The lowest BCUT2D eigenvalue weighted by Crippen LogP contribution is -2.68. The molecular weight excluding hydrogens is 507 g/mol. The Bertz CT molecular complexity index is 1030. The number of nitrogens with one attached hydrogen (secondary N) is 3. The molecule has 0 amide bonds. The fraction of sp³-hybridized carbons (Fsp3) is 0.429. The van der Waals surface area contributed by atoms with Crippen LogP contribution >= 0.6 is 0 Å². The van der Waals surface area contributed by atoms with Gasteiger partial charge in [-0.05, 0) is 20.8 Å². The molecule has 0 saturated carbocycles. The van der Waals surface area contributed by atoms with Gasteiger partial charge in [0.05, 0.1) is 11.4 Å². The number of hydrogen-bond acceptors (Lipinski definition) is 8. The fourth-order valence-electron chi connectivity index (χ4n) is 1.77. The Labute approximate surface area is 188 Å². The maximum atomic E-state index is 11.8. The molecule has 3 aromatic heterocycles. The van der Waals surface area contributed by atoms with E-state index in [0.717, 1.165) is 0 Å². The molecule has 0 spiro atoms. The maximum absolute atomic E-state index is 11.8. The second-order valence-electron chi connectivity index (χ2n) is 5.97. The minimum atomic E-state index is -4.44. The summed E-state index contributed by atoms with van der Waals surface area (Å²) >= 11 is 0. The highest BCUT2D eigenvalue weighted by atomic mass is 19.4. The summed E-state index contributed by atoms with van der Waals surface area (Å²) < 4.78 is 106. The molecule has 0 saturated heterocycles. The van der Waals surface area contributed by atoms with Crippen LogP contribution in [-0.4, -0.2) is 46.0 Å². The summed E-state index contributed by atoms with van der Waals surface area (Å²) in [4.78, 5) is 3.09. The van der Waals surface area contributed by atoms with Crippen LogP contribution < -0.4 is 5.43 Å². The topological polar surface area (TPSA) is 166 Å². The number of aromatic nitrogens is 9. The van der Waals surface area contributed by atoms with Crippen LogP contribution in [0.2, 0.25) is 0 Å². The van der Waals surface area contributed by atoms with Crippen molar-refractivity contribution in [3.8, 4) is 0 Å². The Hall–Kier alpha value is -3.91. The van der Waals surface area contributed by atoms with E-state index >= 15 is 0 Å². The van der Waals surface area contributed by atoms with Crippen molar-refractivity contribution in [3.63, 3.8) is 0 Å². The van der Waals surface area contributed by atoms with E-state index in [4.69, 9.17) is 0 Å². The highest BCUT2D eigenvalue weighted by Crippen LogP contribution is 2.29. The van der Waals surface area contributed by atoms with Crippen molar-refractivity contribution in [2.45, 2.75) is 39.3 Å². The van der Waals surface area contributed by atoms with E-state index in [9.17, 15) is 39.5 Å². The third kappa shape index (κ3) is 10.3. The summed E-state index contributed by atoms with van der Waals surface area (Å²) in [5.74, 6) is -0.961. The summed E-state index contributed by atoms with van der Waals surface area (Å²) in [7, 11) is 0. The summed E-state index contributed by atoms with van der Waals surface area (Å²) in [5.41, 5.74) is -0.528. The van der Waals surface area contributed by atoms with Gasteiger partial charge in [-0.25, -0.2) is 4.98 Å². The number of quaternary nitrogens is 1. The highest BCUT2D eigenvalue weighted by Gasteiger charge is 2.37. The van der Waals surface area contributed by atoms with Crippen molar-refractivity contribution in [2.75, 3.05) is 0 Å². The van der Waals surface area contributed by atoms with Crippen LogP contribution in [0.1, 0.15) is 34.4 Å². The second-order valence-corrected chi connectivity index (χ2v) is 5.97. The first-order valence-corrected chi connectivity index (χ1v) is 8.77. The monoisotopic (exact) mass is 523 g/mol. The van der Waals surface area contributed by atoms with Crippen LogP contribution in [-0.2, 0) is 18.5 Å². The maximum Gasteiger partial charge on any atom is 0.453 e. The van der Waals surface area contributed by atoms with E-state index in [2.05, 4.69) is 45.9 Å². The SMILES string of the molecule is C1=C[NH2+]N=N1.Cc1n[nH]nc1C(F)(F)F.Cc1n[nH]nc1C(F)(F)F.Cc1nc(C(F)(F)F)n[nH]1. The highest BCUT2D eigenvalue weighted by molar-refractivity contribution is 5.09. The molecule has 5 N–H and O–H groups in total. The smallest absolute Gasteiger partial charge is 0.263 e. The fourth-order valence-corrected chi connectivity index (χ4v) is 1.77. The molecule has 4 rings (SSSR count). The van der Waals surface area contributed by atoms with E-state index in [-0.39, 0.29) is 17.2 Å². The summed E-state index contributed by atoms with van der Waals surface area (Å²) in [6.07, 6.45) is -9.81. The van der Waals surface area contributed by atoms with E-state index in [1.165, 1.54) is 20.8 Å². The van der Waals surface area contributed by atoms with Crippen molar-refractivity contribution in [3.05, 3.63) is 46.8 Å². The lowest BCUT2D eigenvalue weighted by molar-refractivity contribution is -0.595. The number of nitrogens with zero attached hydrogens (tertiary/aromatic N) is 8. The number of alkyl halides is 9.